The highest BCUT2D eigenvalue weighted by Gasteiger charge is 2.04. The van der Waals surface area contributed by atoms with Gasteiger partial charge in [0.15, 0.2) is 0 Å². The predicted octanol–water partition coefficient (Wildman–Crippen LogP) is 3.06. The summed E-state index contributed by atoms with van der Waals surface area (Å²) >= 11 is 0. The Labute approximate surface area is 107 Å². The Bertz CT molecular complexity index is 523. The van der Waals surface area contributed by atoms with Crippen molar-refractivity contribution < 1.29 is 4.74 Å². The topological polar surface area (TPSA) is 59.1 Å². The summed E-state index contributed by atoms with van der Waals surface area (Å²) in [6, 6.07) is 18.0. The molecular formula is C15H16N2O. The van der Waals surface area contributed by atoms with Crippen LogP contribution in [0.1, 0.15) is 6.42 Å². The third-order valence-electron chi connectivity index (χ3n) is 2.60. The Morgan fingerprint density at radius 2 is 1.67 bits per heavy atom. The van der Waals surface area contributed by atoms with E-state index in [1.54, 1.807) is 0 Å². The summed E-state index contributed by atoms with van der Waals surface area (Å²) < 4.78 is 5.68. The molecule has 0 fully saturated rings. The number of hydrogen-bond acceptors (Lipinski definition) is 2. The fourth-order valence-electron chi connectivity index (χ4n) is 1.72. The maximum absolute atomic E-state index is 7.18. The first-order valence-electron chi connectivity index (χ1n) is 5.87. The van der Waals surface area contributed by atoms with Crippen molar-refractivity contribution in [1.29, 1.82) is 5.41 Å². The lowest BCUT2D eigenvalue weighted by molar-refractivity contribution is 0.330. The number of ether oxygens (including phenoxy) is 1. The van der Waals surface area contributed by atoms with Crippen LogP contribution in [-0.4, -0.2) is 12.4 Å². The molecule has 0 spiro atoms. The molecule has 3 heteroatoms. The van der Waals surface area contributed by atoms with Crippen LogP contribution in [0.5, 0.6) is 5.75 Å². The van der Waals surface area contributed by atoms with E-state index in [-0.39, 0.29) is 5.84 Å². The van der Waals surface area contributed by atoms with E-state index >= 15 is 0 Å². The van der Waals surface area contributed by atoms with Gasteiger partial charge in [0, 0.05) is 12.0 Å². The first-order valence-corrected chi connectivity index (χ1v) is 5.87. The zero-order valence-electron chi connectivity index (χ0n) is 10.1. The van der Waals surface area contributed by atoms with Crippen molar-refractivity contribution in [3.05, 3.63) is 54.6 Å². The summed E-state index contributed by atoms with van der Waals surface area (Å²) in [5.74, 6) is 0.970. The van der Waals surface area contributed by atoms with Crippen molar-refractivity contribution in [3.8, 4) is 16.9 Å². The molecule has 0 bridgehead atoms. The van der Waals surface area contributed by atoms with Gasteiger partial charge in [-0.05, 0) is 11.6 Å². The van der Waals surface area contributed by atoms with Gasteiger partial charge in [0.2, 0.25) is 0 Å². The molecule has 0 aliphatic carbocycles. The molecule has 0 radical (unpaired) electrons. The molecule has 0 saturated heterocycles. The van der Waals surface area contributed by atoms with Gasteiger partial charge in [-0.15, -0.1) is 0 Å². The van der Waals surface area contributed by atoms with Gasteiger partial charge in [0.25, 0.3) is 0 Å². The van der Waals surface area contributed by atoms with Crippen molar-refractivity contribution in [3.63, 3.8) is 0 Å². The highest BCUT2D eigenvalue weighted by atomic mass is 16.5. The minimum Gasteiger partial charge on any atom is -0.492 e. The van der Waals surface area contributed by atoms with Gasteiger partial charge < -0.3 is 10.5 Å². The lowest BCUT2D eigenvalue weighted by Crippen LogP contribution is -2.13. The molecule has 0 atom stereocenters. The number of amidine groups is 1. The average molecular weight is 240 g/mol. The minimum absolute atomic E-state index is 0.146. The van der Waals surface area contributed by atoms with Crippen LogP contribution in [0.4, 0.5) is 0 Å². The Kier molecular flexibility index (Phi) is 3.97. The number of nitrogens with one attached hydrogen (secondary N) is 1. The van der Waals surface area contributed by atoms with E-state index < -0.39 is 0 Å². The molecular weight excluding hydrogens is 224 g/mol. The van der Waals surface area contributed by atoms with Crippen LogP contribution in [0.25, 0.3) is 11.1 Å². The summed E-state index contributed by atoms with van der Waals surface area (Å²) in [4.78, 5) is 0. The Morgan fingerprint density at radius 3 is 2.39 bits per heavy atom. The number of nitrogens with two attached hydrogens (primary N) is 1. The standard InChI is InChI=1S/C15H16N2O/c16-15(17)10-11-18-14-9-5-4-8-13(14)12-6-2-1-3-7-12/h1-9H,10-11H2,(H3,16,17). The van der Waals surface area contributed by atoms with E-state index in [4.69, 9.17) is 15.9 Å². The van der Waals surface area contributed by atoms with E-state index in [2.05, 4.69) is 0 Å². The summed E-state index contributed by atoms with van der Waals surface area (Å²) in [5.41, 5.74) is 7.49. The number of para-hydroxylation sites is 1. The quantitative estimate of drug-likeness (QED) is 0.623. The van der Waals surface area contributed by atoms with Crippen LogP contribution in [-0.2, 0) is 0 Å². The molecule has 0 aliphatic heterocycles. The molecule has 2 aromatic carbocycles. The smallest absolute Gasteiger partial charge is 0.127 e. The van der Waals surface area contributed by atoms with Gasteiger partial charge in [-0.25, -0.2) is 0 Å². The molecule has 3 nitrogen and oxygen atoms in total. The van der Waals surface area contributed by atoms with Crippen LogP contribution in [0, 0.1) is 5.41 Å². The van der Waals surface area contributed by atoms with Gasteiger partial charge in [0.05, 0.1) is 12.4 Å². The molecule has 0 heterocycles. The average Bonchev–Trinajstić information content (AvgIpc) is 2.40. The summed E-state index contributed by atoms with van der Waals surface area (Å²) in [5, 5.41) is 7.18. The molecule has 2 rings (SSSR count). The van der Waals surface area contributed by atoms with E-state index in [1.165, 1.54) is 0 Å². The van der Waals surface area contributed by atoms with Crippen LogP contribution in [0.3, 0.4) is 0 Å². The molecule has 0 unspecified atom stereocenters. The second kappa shape index (κ2) is 5.87. The summed E-state index contributed by atoms with van der Waals surface area (Å²) in [6.45, 7) is 0.430. The minimum atomic E-state index is 0.146. The second-order valence-corrected chi connectivity index (χ2v) is 3.99. The molecule has 92 valence electrons. The van der Waals surface area contributed by atoms with Gasteiger partial charge in [-0.3, -0.25) is 5.41 Å². The second-order valence-electron chi connectivity index (χ2n) is 3.99. The normalized spacial score (nSPS) is 10.0. The van der Waals surface area contributed by atoms with Crippen LogP contribution >= 0.6 is 0 Å². The van der Waals surface area contributed by atoms with Crippen LogP contribution in [0.15, 0.2) is 54.6 Å². The Morgan fingerprint density at radius 1 is 1.00 bits per heavy atom. The zero-order chi connectivity index (χ0) is 12.8. The van der Waals surface area contributed by atoms with E-state index in [1.807, 2.05) is 54.6 Å². The lowest BCUT2D eigenvalue weighted by atomic mass is 10.1. The lowest BCUT2D eigenvalue weighted by Gasteiger charge is -2.11. The van der Waals surface area contributed by atoms with Crippen molar-refractivity contribution in [2.75, 3.05) is 6.61 Å². The van der Waals surface area contributed by atoms with Crippen molar-refractivity contribution in [2.24, 2.45) is 5.73 Å². The molecule has 2 aromatic rings. The highest BCUT2D eigenvalue weighted by Crippen LogP contribution is 2.29. The summed E-state index contributed by atoms with van der Waals surface area (Å²) in [6.07, 6.45) is 0.448. The van der Waals surface area contributed by atoms with Crippen molar-refractivity contribution >= 4 is 5.84 Å². The predicted molar refractivity (Wildman–Crippen MR) is 73.9 cm³/mol. The largest absolute Gasteiger partial charge is 0.492 e. The number of hydrogen-bond donors (Lipinski definition) is 2. The van der Waals surface area contributed by atoms with Crippen LogP contribution < -0.4 is 10.5 Å². The third kappa shape index (κ3) is 3.10. The van der Waals surface area contributed by atoms with Gasteiger partial charge in [0.1, 0.15) is 5.75 Å². The molecule has 3 N–H and O–H groups in total. The molecule has 0 saturated carbocycles. The van der Waals surface area contributed by atoms with Crippen molar-refractivity contribution in [1.82, 2.24) is 0 Å². The van der Waals surface area contributed by atoms with Crippen LogP contribution in [0.2, 0.25) is 0 Å². The Balaban J connectivity index is 2.18. The molecule has 0 amide bonds. The first kappa shape index (κ1) is 12.2. The van der Waals surface area contributed by atoms with Crippen molar-refractivity contribution in [2.45, 2.75) is 6.42 Å². The third-order valence-corrected chi connectivity index (χ3v) is 2.60. The fourth-order valence-corrected chi connectivity index (χ4v) is 1.72. The maximum Gasteiger partial charge on any atom is 0.127 e. The number of benzene rings is 2. The number of rotatable bonds is 5. The summed E-state index contributed by atoms with van der Waals surface area (Å²) in [7, 11) is 0. The van der Waals surface area contributed by atoms with Gasteiger partial charge in [-0.2, -0.15) is 0 Å². The van der Waals surface area contributed by atoms with E-state index in [0.29, 0.717) is 13.0 Å². The maximum atomic E-state index is 7.18. The van der Waals surface area contributed by atoms with Gasteiger partial charge >= 0.3 is 0 Å². The molecule has 18 heavy (non-hydrogen) atoms. The zero-order valence-corrected chi connectivity index (χ0v) is 10.1. The van der Waals surface area contributed by atoms with Gasteiger partial charge in [-0.1, -0.05) is 48.5 Å². The highest BCUT2D eigenvalue weighted by molar-refractivity contribution is 5.77. The Hall–Kier alpha value is -2.29. The van der Waals surface area contributed by atoms with E-state index in [0.717, 1.165) is 16.9 Å². The fraction of sp³-hybridized carbons (Fsp3) is 0.133. The monoisotopic (exact) mass is 240 g/mol. The molecule has 0 aliphatic rings. The first-order chi connectivity index (χ1) is 8.77. The van der Waals surface area contributed by atoms with E-state index in [9.17, 15) is 0 Å². The SMILES string of the molecule is N=C(N)CCOc1ccccc1-c1ccccc1. The molecule has 0 aromatic heterocycles.